The fourth-order valence-corrected chi connectivity index (χ4v) is 4.24. The van der Waals surface area contributed by atoms with Crippen LogP contribution in [0.4, 0.5) is 0 Å². The Morgan fingerprint density at radius 3 is 2.73 bits per heavy atom. The normalized spacial score (nSPS) is 14.7. The van der Waals surface area contributed by atoms with Crippen molar-refractivity contribution in [2.75, 3.05) is 13.1 Å². The molecule has 0 fully saturated rings. The zero-order valence-corrected chi connectivity index (χ0v) is 16.0. The molecule has 1 aliphatic rings. The van der Waals surface area contributed by atoms with Crippen LogP contribution in [0.25, 0.3) is 10.9 Å². The Morgan fingerprint density at radius 1 is 1.08 bits per heavy atom. The van der Waals surface area contributed by atoms with E-state index < -0.39 is 0 Å². The van der Waals surface area contributed by atoms with Crippen molar-refractivity contribution < 1.29 is 0 Å². The first kappa shape index (κ1) is 17.3. The summed E-state index contributed by atoms with van der Waals surface area (Å²) in [5, 5.41) is 1.47. The van der Waals surface area contributed by atoms with Gasteiger partial charge in [-0.3, -0.25) is 9.88 Å². The summed E-state index contributed by atoms with van der Waals surface area (Å²) in [5.74, 6) is 0. The third-order valence-electron chi connectivity index (χ3n) is 5.69. The number of benzene rings is 1. The number of fused-ring (bicyclic) bond motifs is 3. The van der Waals surface area contributed by atoms with Crippen LogP contribution in [0.2, 0.25) is 0 Å². The zero-order valence-electron chi connectivity index (χ0n) is 16.0. The highest BCUT2D eigenvalue weighted by molar-refractivity contribution is 5.86. The van der Waals surface area contributed by atoms with E-state index in [-0.39, 0.29) is 0 Å². The second-order valence-electron chi connectivity index (χ2n) is 7.58. The predicted octanol–water partition coefficient (Wildman–Crippen LogP) is 4.75. The van der Waals surface area contributed by atoms with Crippen molar-refractivity contribution in [2.45, 2.75) is 52.6 Å². The summed E-state index contributed by atoms with van der Waals surface area (Å²) < 4.78 is 2.59. The molecule has 1 aromatic carbocycles. The van der Waals surface area contributed by atoms with Crippen LogP contribution in [0, 0.1) is 6.92 Å². The molecule has 3 nitrogen and oxygen atoms in total. The van der Waals surface area contributed by atoms with Crippen LogP contribution in [0.3, 0.4) is 0 Å². The molecule has 0 amide bonds. The van der Waals surface area contributed by atoms with Crippen molar-refractivity contribution >= 4 is 10.9 Å². The molecule has 136 valence electrons. The lowest BCUT2D eigenvalue weighted by Gasteiger charge is -2.28. The minimum Gasteiger partial charge on any atom is -0.344 e. The van der Waals surface area contributed by atoms with Gasteiger partial charge >= 0.3 is 0 Å². The van der Waals surface area contributed by atoms with Crippen molar-refractivity contribution in [1.29, 1.82) is 0 Å². The Labute approximate surface area is 156 Å². The maximum Gasteiger partial charge on any atom is 0.0486 e. The van der Waals surface area contributed by atoms with Gasteiger partial charge in [0.05, 0.1) is 0 Å². The highest BCUT2D eigenvalue weighted by Gasteiger charge is 2.23. The Bertz CT molecular complexity index is 879. The molecule has 0 bridgehead atoms. The van der Waals surface area contributed by atoms with Crippen molar-refractivity contribution in [1.82, 2.24) is 14.5 Å². The maximum absolute atomic E-state index is 4.14. The van der Waals surface area contributed by atoms with Gasteiger partial charge in [-0.05, 0) is 61.7 Å². The lowest BCUT2D eigenvalue weighted by Crippen LogP contribution is -2.32. The first-order valence-electron chi connectivity index (χ1n) is 9.98. The van der Waals surface area contributed by atoms with E-state index in [1.807, 2.05) is 12.4 Å². The summed E-state index contributed by atoms with van der Waals surface area (Å²) in [4.78, 5) is 6.78. The van der Waals surface area contributed by atoms with Crippen molar-refractivity contribution in [3.8, 4) is 0 Å². The van der Waals surface area contributed by atoms with Gasteiger partial charge in [0.25, 0.3) is 0 Å². The fourth-order valence-electron chi connectivity index (χ4n) is 4.24. The Morgan fingerprint density at radius 2 is 1.92 bits per heavy atom. The molecule has 3 heteroatoms. The standard InChI is InChI=1S/C23H29N3/c1-3-4-13-25-14-10-23-21(17-25)20-16-18(2)5-6-22(20)26(23)15-9-19-7-11-24-12-8-19/h5-8,11-12,16H,3-4,9-10,13-15,17H2,1-2H3. The Hall–Kier alpha value is -2.13. The summed E-state index contributed by atoms with van der Waals surface area (Å²) in [6.07, 6.45) is 8.60. The first-order chi connectivity index (χ1) is 12.8. The van der Waals surface area contributed by atoms with E-state index in [1.165, 1.54) is 54.4 Å². The van der Waals surface area contributed by atoms with Gasteiger partial charge in [-0.15, -0.1) is 0 Å². The van der Waals surface area contributed by atoms with Gasteiger partial charge in [0.15, 0.2) is 0 Å². The number of hydrogen-bond donors (Lipinski definition) is 0. The molecule has 0 unspecified atom stereocenters. The number of aromatic nitrogens is 2. The summed E-state index contributed by atoms with van der Waals surface area (Å²) in [5.41, 5.74) is 7.26. The second-order valence-corrected chi connectivity index (χ2v) is 7.58. The summed E-state index contributed by atoms with van der Waals surface area (Å²) >= 11 is 0. The Kier molecular flexibility index (Phi) is 5.07. The lowest BCUT2D eigenvalue weighted by atomic mass is 10.0. The highest BCUT2D eigenvalue weighted by atomic mass is 15.1. The van der Waals surface area contributed by atoms with Crippen LogP contribution < -0.4 is 0 Å². The zero-order chi connectivity index (χ0) is 17.9. The summed E-state index contributed by atoms with van der Waals surface area (Å²) in [6.45, 7) is 9.07. The second kappa shape index (κ2) is 7.63. The molecule has 0 N–H and O–H groups in total. The molecular weight excluding hydrogens is 318 g/mol. The molecule has 0 radical (unpaired) electrons. The number of nitrogens with zero attached hydrogens (tertiary/aromatic N) is 3. The Balaban J connectivity index is 1.67. The third kappa shape index (κ3) is 3.41. The van der Waals surface area contributed by atoms with Crippen LogP contribution in [0.1, 0.15) is 42.1 Å². The molecule has 1 aliphatic heterocycles. The van der Waals surface area contributed by atoms with E-state index in [4.69, 9.17) is 0 Å². The quantitative estimate of drug-likeness (QED) is 0.642. The smallest absolute Gasteiger partial charge is 0.0486 e. The predicted molar refractivity (Wildman–Crippen MR) is 109 cm³/mol. The molecule has 0 aliphatic carbocycles. The van der Waals surface area contributed by atoms with Crippen LogP contribution in [-0.4, -0.2) is 27.5 Å². The van der Waals surface area contributed by atoms with Crippen LogP contribution >= 0.6 is 0 Å². The van der Waals surface area contributed by atoms with E-state index in [0.29, 0.717) is 0 Å². The van der Waals surface area contributed by atoms with Gasteiger partial charge in [-0.2, -0.15) is 0 Å². The average Bonchev–Trinajstić information content (AvgIpc) is 2.98. The fraction of sp³-hybridized carbons (Fsp3) is 0.435. The van der Waals surface area contributed by atoms with Gasteiger partial charge < -0.3 is 4.57 Å². The minimum absolute atomic E-state index is 1.05. The number of hydrogen-bond acceptors (Lipinski definition) is 2. The van der Waals surface area contributed by atoms with Gasteiger partial charge in [-0.25, -0.2) is 0 Å². The van der Waals surface area contributed by atoms with Crippen molar-refractivity contribution in [3.05, 3.63) is 65.1 Å². The van der Waals surface area contributed by atoms with E-state index in [0.717, 1.165) is 19.5 Å². The molecular formula is C23H29N3. The topological polar surface area (TPSA) is 21.1 Å². The van der Waals surface area contributed by atoms with Gasteiger partial charge in [-0.1, -0.05) is 25.0 Å². The molecule has 2 aromatic heterocycles. The largest absolute Gasteiger partial charge is 0.344 e. The van der Waals surface area contributed by atoms with Gasteiger partial charge in [0.1, 0.15) is 0 Å². The molecule has 0 atom stereocenters. The summed E-state index contributed by atoms with van der Waals surface area (Å²) in [7, 11) is 0. The molecule has 3 aromatic rings. The molecule has 0 saturated carbocycles. The summed E-state index contributed by atoms with van der Waals surface area (Å²) in [6, 6.07) is 11.2. The molecule has 3 heterocycles. The van der Waals surface area contributed by atoms with E-state index in [1.54, 1.807) is 11.3 Å². The molecule has 0 saturated heterocycles. The number of rotatable bonds is 6. The maximum atomic E-state index is 4.14. The van der Waals surface area contributed by atoms with Crippen LogP contribution in [0.5, 0.6) is 0 Å². The number of pyridine rings is 1. The molecule has 4 rings (SSSR count). The number of aryl methyl sites for hydroxylation is 3. The van der Waals surface area contributed by atoms with Gasteiger partial charge in [0.2, 0.25) is 0 Å². The van der Waals surface area contributed by atoms with E-state index >= 15 is 0 Å². The average molecular weight is 348 g/mol. The molecule has 0 spiro atoms. The third-order valence-corrected chi connectivity index (χ3v) is 5.69. The SMILES string of the molecule is CCCCN1CCc2c(c3cc(C)ccc3n2CCc2ccncc2)C1. The number of unbranched alkanes of at least 4 members (excludes halogenated alkanes) is 1. The molecule has 26 heavy (non-hydrogen) atoms. The van der Waals surface area contributed by atoms with E-state index in [2.05, 4.69) is 58.6 Å². The lowest BCUT2D eigenvalue weighted by molar-refractivity contribution is 0.248. The van der Waals surface area contributed by atoms with Crippen LogP contribution in [0.15, 0.2) is 42.7 Å². The van der Waals surface area contributed by atoms with Crippen LogP contribution in [-0.2, 0) is 25.9 Å². The monoisotopic (exact) mass is 347 g/mol. The van der Waals surface area contributed by atoms with Crippen molar-refractivity contribution in [2.24, 2.45) is 0 Å². The highest BCUT2D eigenvalue weighted by Crippen LogP contribution is 2.32. The van der Waals surface area contributed by atoms with Gasteiger partial charge in [0, 0.05) is 55.0 Å². The first-order valence-corrected chi connectivity index (χ1v) is 9.98. The minimum atomic E-state index is 1.05. The van der Waals surface area contributed by atoms with Crippen molar-refractivity contribution in [3.63, 3.8) is 0 Å². The van der Waals surface area contributed by atoms with E-state index in [9.17, 15) is 0 Å².